The second-order valence-corrected chi connectivity index (χ2v) is 9.78. The molecule has 2 aromatic rings. The summed E-state index contributed by atoms with van der Waals surface area (Å²) in [5.74, 6) is -0.723. The van der Waals surface area contributed by atoms with E-state index in [0.717, 1.165) is 31.6 Å². The predicted molar refractivity (Wildman–Crippen MR) is 133 cm³/mol. The first-order valence-corrected chi connectivity index (χ1v) is 12.5. The van der Waals surface area contributed by atoms with Crippen molar-refractivity contribution >= 4 is 34.8 Å². The van der Waals surface area contributed by atoms with Gasteiger partial charge in [0.2, 0.25) is 11.8 Å². The molecule has 2 saturated heterocycles. The molecule has 0 bridgehead atoms. The number of hydrogen-bond acceptors (Lipinski definition) is 4. The summed E-state index contributed by atoms with van der Waals surface area (Å²) in [5.41, 5.74) is 1.76. The van der Waals surface area contributed by atoms with E-state index in [-0.39, 0.29) is 24.1 Å². The summed E-state index contributed by atoms with van der Waals surface area (Å²) in [5, 5.41) is 2.89. The van der Waals surface area contributed by atoms with Crippen LogP contribution in [0.2, 0.25) is 0 Å². The first-order valence-electron chi connectivity index (χ1n) is 12.5. The first kappa shape index (κ1) is 23.3. The highest BCUT2D eigenvalue weighted by molar-refractivity contribution is 6.10. The van der Waals surface area contributed by atoms with E-state index in [9.17, 15) is 18.8 Å². The third-order valence-corrected chi connectivity index (χ3v) is 7.46. The fourth-order valence-electron chi connectivity index (χ4n) is 5.67. The van der Waals surface area contributed by atoms with Gasteiger partial charge in [-0.25, -0.2) is 4.39 Å². The number of carbonyl (C=O) groups is 3. The molecule has 0 spiro atoms. The molecule has 184 valence electrons. The van der Waals surface area contributed by atoms with Crippen molar-refractivity contribution in [2.45, 2.75) is 57.5 Å². The van der Waals surface area contributed by atoms with E-state index in [2.05, 4.69) is 10.2 Å². The number of piperidine rings is 1. The minimum absolute atomic E-state index is 0.00606. The van der Waals surface area contributed by atoms with Crippen molar-refractivity contribution in [1.29, 1.82) is 0 Å². The molecule has 0 aliphatic carbocycles. The number of fused-ring (bicyclic) bond motifs is 3. The van der Waals surface area contributed by atoms with E-state index in [4.69, 9.17) is 0 Å². The van der Waals surface area contributed by atoms with Gasteiger partial charge in [-0.2, -0.15) is 0 Å². The Kier molecular flexibility index (Phi) is 6.21. The fraction of sp³-hybridized carbons (Fsp3) is 0.444. The average molecular weight is 479 g/mol. The molecule has 3 amide bonds. The van der Waals surface area contributed by atoms with Crippen molar-refractivity contribution in [3.05, 3.63) is 53.8 Å². The van der Waals surface area contributed by atoms with Gasteiger partial charge in [-0.05, 0) is 69.4 Å². The SMILES string of the molecule is CC12CCC(=O)N1c1ccccc1C(=O)N2CCCC(=O)Nc1cc(F)ccc1N1CCCCC1. The zero-order valence-corrected chi connectivity index (χ0v) is 20.1. The summed E-state index contributed by atoms with van der Waals surface area (Å²) in [6, 6.07) is 11.7. The molecule has 0 aromatic heterocycles. The monoisotopic (exact) mass is 478 g/mol. The van der Waals surface area contributed by atoms with Gasteiger partial charge in [-0.15, -0.1) is 0 Å². The van der Waals surface area contributed by atoms with Gasteiger partial charge in [-0.1, -0.05) is 12.1 Å². The third-order valence-electron chi connectivity index (χ3n) is 7.46. The highest BCUT2D eigenvalue weighted by atomic mass is 19.1. The van der Waals surface area contributed by atoms with Gasteiger partial charge in [0.05, 0.1) is 22.6 Å². The molecule has 8 heteroatoms. The average Bonchev–Trinajstić information content (AvgIpc) is 3.17. The summed E-state index contributed by atoms with van der Waals surface area (Å²) in [6.45, 7) is 4.05. The molecule has 7 nitrogen and oxygen atoms in total. The van der Waals surface area contributed by atoms with Gasteiger partial charge in [-0.3, -0.25) is 19.3 Å². The van der Waals surface area contributed by atoms with Gasteiger partial charge in [0.15, 0.2) is 0 Å². The van der Waals surface area contributed by atoms with Gasteiger partial charge in [0, 0.05) is 32.5 Å². The van der Waals surface area contributed by atoms with Crippen molar-refractivity contribution in [2.75, 3.05) is 34.8 Å². The van der Waals surface area contributed by atoms with Crippen LogP contribution in [0.1, 0.15) is 62.2 Å². The van der Waals surface area contributed by atoms with E-state index in [0.29, 0.717) is 42.7 Å². The molecule has 0 radical (unpaired) electrons. The zero-order chi connectivity index (χ0) is 24.6. The molecule has 2 aromatic carbocycles. The van der Waals surface area contributed by atoms with Crippen LogP contribution in [-0.2, 0) is 9.59 Å². The maximum atomic E-state index is 14.0. The van der Waals surface area contributed by atoms with Crippen LogP contribution in [0.4, 0.5) is 21.5 Å². The van der Waals surface area contributed by atoms with Crippen molar-refractivity contribution in [3.63, 3.8) is 0 Å². The van der Waals surface area contributed by atoms with Crippen LogP contribution in [0.3, 0.4) is 0 Å². The van der Waals surface area contributed by atoms with Crippen LogP contribution in [-0.4, -0.2) is 47.9 Å². The Balaban J connectivity index is 1.27. The van der Waals surface area contributed by atoms with Crippen LogP contribution >= 0.6 is 0 Å². The molecule has 1 N–H and O–H groups in total. The van der Waals surface area contributed by atoms with Crippen LogP contribution in [0.15, 0.2) is 42.5 Å². The predicted octanol–water partition coefficient (Wildman–Crippen LogP) is 4.53. The number of halogens is 1. The van der Waals surface area contributed by atoms with Gasteiger partial charge in [0.1, 0.15) is 11.5 Å². The zero-order valence-electron chi connectivity index (χ0n) is 20.1. The molecule has 5 rings (SSSR count). The van der Waals surface area contributed by atoms with Crippen LogP contribution < -0.4 is 15.1 Å². The Hall–Kier alpha value is -3.42. The molecule has 3 heterocycles. The van der Waals surface area contributed by atoms with Crippen molar-refractivity contribution < 1.29 is 18.8 Å². The number of nitrogens with one attached hydrogen (secondary N) is 1. The van der Waals surface area contributed by atoms with Crippen LogP contribution in [0.5, 0.6) is 0 Å². The summed E-state index contributed by atoms with van der Waals surface area (Å²) >= 11 is 0. The summed E-state index contributed by atoms with van der Waals surface area (Å²) in [4.78, 5) is 44.5. The Morgan fingerprint density at radius 1 is 1.06 bits per heavy atom. The lowest BCUT2D eigenvalue weighted by molar-refractivity contribution is -0.118. The van der Waals surface area contributed by atoms with Crippen molar-refractivity contribution in [2.24, 2.45) is 0 Å². The molecule has 0 saturated carbocycles. The minimum Gasteiger partial charge on any atom is -0.370 e. The molecule has 35 heavy (non-hydrogen) atoms. The molecule has 1 atom stereocenters. The second kappa shape index (κ2) is 9.32. The highest BCUT2D eigenvalue weighted by Gasteiger charge is 2.52. The summed E-state index contributed by atoms with van der Waals surface area (Å²) in [7, 11) is 0. The highest BCUT2D eigenvalue weighted by Crippen LogP contribution is 2.44. The smallest absolute Gasteiger partial charge is 0.257 e. The van der Waals surface area contributed by atoms with Gasteiger partial charge < -0.3 is 15.1 Å². The van der Waals surface area contributed by atoms with Crippen molar-refractivity contribution in [3.8, 4) is 0 Å². The van der Waals surface area contributed by atoms with Gasteiger partial charge in [0.25, 0.3) is 5.91 Å². The lowest BCUT2D eigenvalue weighted by atomic mass is 9.98. The van der Waals surface area contributed by atoms with Crippen LogP contribution in [0.25, 0.3) is 0 Å². The number of rotatable bonds is 6. The Labute approximate surface area is 204 Å². The fourth-order valence-corrected chi connectivity index (χ4v) is 5.67. The number of nitrogens with zero attached hydrogens (tertiary/aromatic N) is 3. The number of benzene rings is 2. The maximum Gasteiger partial charge on any atom is 0.257 e. The topological polar surface area (TPSA) is 73.0 Å². The number of hydrogen-bond donors (Lipinski definition) is 1. The van der Waals surface area contributed by atoms with Crippen molar-refractivity contribution in [1.82, 2.24) is 4.90 Å². The molecule has 1 unspecified atom stereocenters. The standard InChI is InChI=1S/C27H31FN4O3/c1-27-14-13-25(34)32(27)22-9-4-3-8-20(22)26(35)31(27)17-7-10-24(33)29-21-18-19(28)11-12-23(21)30-15-5-2-6-16-30/h3-4,8-9,11-12,18H,2,5-7,10,13-17H2,1H3,(H,29,33). The summed E-state index contributed by atoms with van der Waals surface area (Å²) in [6.07, 6.45) is 4.90. The normalized spacial score (nSPS) is 21.7. The van der Waals surface area contributed by atoms with E-state index >= 15 is 0 Å². The van der Waals surface area contributed by atoms with E-state index in [1.165, 1.54) is 18.6 Å². The third kappa shape index (κ3) is 4.26. The maximum absolute atomic E-state index is 14.0. The quantitative estimate of drug-likeness (QED) is 0.662. The van der Waals surface area contributed by atoms with E-state index in [1.54, 1.807) is 28.0 Å². The number of amides is 3. The first-order chi connectivity index (χ1) is 16.9. The molecule has 3 aliphatic heterocycles. The lowest BCUT2D eigenvalue weighted by Crippen LogP contribution is -2.62. The Bertz CT molecular complexity index is 1160. The second-order valence-electron chi connectivity index (χ2n) is 9.78. The number of para-hydroxylation sites is 1. The number of anilines is 3. The molecule has 3 aliphatic rings. The summed E-state index contributed by atoms with van der Waals surface area (Å²) < 4.78 is 14.0. The van der Waals surface area contributed by atoms with E-state index in [1.807, 2.05) is 19.1 Å². The van der Waals surface area contributed by atoms with E-state index < -0.39 is 11.5 Å². The Morgan fingerprint density at radius 3 is 2.63 bits per heavy atom. The number of carbonyl (C=O) groups excluding carboxylic acids is 3. The Morgan fingerprint density at radius 2 is 1.83 bits per heavy atom. The minimum atomic E-state index is -0.733. The molecular weight excluding hydrogens is 447 g/mol. The largest absolute Gasteiger partial charge is 0.370 e. The molecular formula is C27H31FN4O3. The van der Waals surface area contributed by atoms with Crippen LogP contribution in [0, 0.1) is 5.82 Å². The lowest BCUT2D eigenvalue weighted by Gasteiger charge is -2.48. The van der Waals surface area contributed by atoms with Gasteiger partial charge >= 0.3 is 0 Å². The molecule has 2 fully saturated rings.